The van der Waals surface area contributed by atoms with Crippen LogP contribution in [-0.2, 0) is 4.79 Å². The highest BCUT2D eigenvalue weighted by Crippen LogP contribution is 2.34. The van der Waals surface area contributed by atoms with Crippen LogP contribution < -0.4 is 25.4 Å². The third-order valence-corrected chi connectivity index (χ3v) is 4.37. The summed E-state index contributed by atoms with van der Waals surface area (Å²) in [4.78, 5) is 25.0. The number of ether oxygens (including phenoxy) is 2. The molecule has 0 bridgehead atoms. The van der Waals surface area contributed by atoms with Crippen molar-refractivity contribution >= 4 is 17.6 Å². The van der Waals surface area contributed by atoms with Crippen molar-refractivity contribution in [2.45, 2.75) is 19.9 Å². The van der Waals surface area contributed by atoms with Crippen molar-refractivity contribution in [2.75, 3.05) is 19.0 Å². The van der Waals surface area contributed by atoms with Crippen LogP contribution in [-0.4, -0.2) is 25.7 Å². The second-order valence-corrected chi connectivity index (χ2v) is 6.23. The lowest BCUT2D eigenvalue weighted by atomic mass is 9.94. The summed E-state index contributed by atoms with van der Waals surface area (Å²) in [6.45, 7) is 4.10. The van der Waals surface area contributed by atoms with Gasteiger partial charge in [-0.1, -0.05) is 24.3 Å². The van der Waals surface area contributed by atoms with Crippen LogP contribution in [0.3, 0.4) is 0 Å². The molecule has 0 spiro atoms. The van der Waals surface area contributed by atoms with Gasteiger partial charge in [0.05, 0.1) is 25.3 Å². The molecule has 1 heterocycles. The molecule has 1 atom stereocenters. The van der Waals surface area contributed by atoms with Gasteiger partial charge in [0.25, 0.3) is 5.91 Å². The quantitative estimate of drug-likeness (QED) is 0.716. The van der Waals surface area contributed by atoms with Gasteiger partial charge in [0.2, 0.25) is 0 Å². The number of anilines is 1. The van der Waals surface area contributed by atoms with Crippen molar-refractivity contribution in [1.82, 2.24) is 10.6 Å². The normalized spacial score (nSPS) is 16.1. The predicted molar refractivity (Wildman–Crippen MR) is 106 cm³/mol. The Labute approximate surface area is 163 Å². The summed E-state index contributed by atoms with van der Waals surface area (Å²) in [6.07, 6.45) is 0. The Morgan fingerprint density at radius 1 is 1.14 bits per heavy atom. The fourth-order valence-electron chi connectivity index (χ4n) is 3.10. The SMILES string of the molecule is CCOc1ccc(C2NC(=O)NC(C)=C2C(=O)Nc2ccccc2)cc1OC. The smallest absolute Gasteiger partial charge is 0.319 e. The molecule has 0 fully saturated rings. The van der Waals surface area contributed by atoms with Crippen molar-refractivity contribution in [3.8, 4) is 11.5 Å². The summed E-state index contributed by atoms with van der Waals surface area (Å²) in [7, 11) is 1.55. The molecule has 1 unspecified atom stereocenters. The molecule has 0 saturated carbocycles. The van der Waals surface area contributed by atoms with Crippen LogP contribution in [0.15, 0.2) is 59.8 Å². The van der Waals surface area contributed by atoms with Crippen molar-refractivity contribution < 1.29 is 19.1 Å². The molecule has 28 heavy (non-hydrogen) atoms. The number of methoxy groups -OCH3 is 1. The monoisotopic (exact) mass is 381 g/mol. The first kappa shape index (κ1) is 19.3. The molecule has 1 aliphatic heterocycles. The molecule has 0 saturated heterocycles. The van der Waals surface area contributed by atoms with E-state index in [1.807, 2.05) is 31.2 Å². The van der Waals surface area contributed by atoms with Gasteiger partial charge in [-0.25, -0.2) is 4.79 Å². The average Bonchev–Trinajstić information content (AvgIpc) is 2.68. The molecule has 3 rings (SSSR count). The molecule has 2 aromatic rings. The lowest BCUT2D eigenvalue weighted by Gasteiger charge is -2.29. The average molecular weight is 381 g/mol. The topological polar surface area (TPSA) is 88.7 Å². The second kappa shape index (κ2) is 8.47. The third-order valence-electron chi connectivity index (χ3n) is 4.37. The molecule has 0 aromatic heterocycles. The van der Waals surface area contributed by atoms with E-state index in [0.29, 0.717) is 40.6 Å². The van der Waals surface area contributed by atoms with Gasteiger partial charge in [-0.05, 0) is 43.7 Å². The number of rotatable bonds is 6. The van der Waals surface area contributed by atoms with Crippen LogP contribution in [0.4, 0.5) is 10.5 Å². The maximum absolute atomic E-state index is 13.0. The number of urea groups is 1. The van der Waals surface area contributed by atoms with E-state index in [4.69, 9.17) is 9.47 Å². The van der Waals surface area contributed by atoms with E-state index >= 15 is 0 Å². The Hall–Kier alpha value is -3.48. The van der Waals surface area contributed by atoms with Gasteiger partial charge in [0.15, 0.2) is 11.5 Å². The van der Waals surface area contributed by atoms with E-state index in [1.54, 1.807) is 38.3 Å². The number of carbonyl (C=O) groups is 2. The standard InChI is InChI=1S/C21H23N3O4/c1-4-28-16-11-10-14(12-17(16)27-3)19-18(13(2)22-21(26)24-19)20(25)23-15-8-6-5-7-9-15/h5-12,19H,4H2,1-3H3,(H,23,25)(H2,22,24,26). The molecule has 0 aliphatic carbocycles. The Balaban J connectivity index is 1.96. The summed E-state index contributed by atoms with van der Waals surface area (Å²) in [6, 6.07) is 13.5. The van der Waals surface area contributed by atoms with Crippen LogP contribution in [0.25, 0.3) is 0 Å². The molecule has 7 heteroatoms. The number of benzene rings is 2. The summed E-state index contributed by atoms with van der Waals surface area (Å²) < 4.78 is 11.0. The lowest BCUT2D eigenvalue weighted by Crippen LogP contribution is -2.45. The van der Waals surface area contributed by atoms with E-state index in [0.717, 1.165) is 0 Å². The fourth-order valence-corrected chi connectivity index (χ4v) is 3.10. The zero-order chi connectivity index (χ0) is 20.1. The van der Waals surface area contributed by atoms with Gasteiger partial charge in [0, 0.05) is 11.4 Å². The largest absolute Gasteiger partial charge is 0.493 e. The highest BCUT2D eigenvalue weighted by atomic mass is 16.5. The van der Waals surface area contributed by atoms with Gasteiger partial charge >= 0.3 is 6.03 Å². The third kappa shape index (κ3) is 4.09. The molecule has 1 aliphatic rings. The Morgan fingerprint density at radius 2 is 1.89 bits per heavy atom. The van der Waals surface area contributed by atoms with Crippen LogP contribution in [0.5, 0.6) is 11.5 Å². The molecule has 7 nitrogen and oxygen atoms in total. The minimum atomic E-state index is -0.623. The zero-order valence-electron chi connectivity index (χ0n) is 16.0. The van der Waals surface area contributed by atoms with Crippen molar-refractivity contribution in [3.05, 3.63) is 65.4 Å². The Kier molecular flexibility index (Phi) is 5.84. The van der Waals surface area contributed by atoms with Gasteiger partial charge in [-0.3, -0.25) is 4.79 Å². The highest BCUT2D eigenvalue weighted by Gasteiger charge is 2.31. The maximum atomic E-state index is 13.0. The summed E-state index contributed by atoms with van der Waals surface area (Å²) in [5, 5.41) is 8.36. The molecule has 3 N–H and O–H groups in total. The maximum Gasteiger partial charge on any atom is 0.319 e. The summed E-state index contributed by atoms with van der Waals surface area (Å²) in [5.41, 5.74) is 2.31. The lowest BCUT2D eigenvalue weighted by molar-refractivity contribution is -0.113. The molecule has 0 radical (unpaired) electrons. The molecular weight excluding hydrogens is 358 g/mol. The van der Waals surface area contributed by atoms with E-state index in [1.165, 1.54) is 0 Å². The minimum absolute atomic E-state index is 0.297. The van der Waals surface area contributed by atoms with Crippen LogP contribution >= 0.6 is 0 Å². The van der Waals surface area contributed by atoms with Crippen molar-refractivity contribution in [1.29, 1.82) is 0 Å². The minimum Gasteiger partial charge on any atom is -0.493 e. The highest BCUT2D eigenvalue weighted by molar-refractivity contribution is 6.06. The molecular formula is C21H23N3O4. The fraction of sp³-hybridized carbons (Fsp3) is 0.238. The van der Waals surface area contributed by atoms with E-state index < -0.39 is 6.04 Å². The number of amides is 3. The first-order chi connectivity index (χ1) is 13.5. The van der Waals surface area contributed by atoms with Gasteiger partial charge in [-0.15, -0.1) is 0 Å². The van der Waals surface area contributed by atoms with Crippen molar-refractivity contribution in [3.63, 3.8) is 0 Å². The van der Waals surface area contributed by atoms with E-state index in [9.17, 15) is 9.59 Å². The van der Waals surface area contributed by atoms with Crippen LogP contribution in [0.1, 0.15) is 25.5 Å². The first-order valence-corrected chi connectivity index (χ1v) is 8.99. The number of hydrogen-bond donors (Lipinski definition) is 3. The predicted octanol–water partition coefficient (Wildman–Crippen LogP) is 3.36. The zero-order valence-corrected chi connectivity index (χ0v) is 16.0. The Morgan fingerprint density at radius 3 is 2.57 bits per heavy atom. The van der Waals surface area contributed by atoms with Gasteiger partial charge < -0.3 is 25.4 Å². The number of nitrogens with one attached hydrogen (secondary N) is 3. The second-order valence-electron chi connectivity index (χ2n) is 6.23. The number of para-hydroxylation sites is 1. The van der Waals surface area contributed by atoms with Crippen LogP contribution in [0.2, 0.25) is 0 Å². The van der Waals surface area contributed by atoms with E-state index in [-0.39, 0.29) is 11.9 Å². The first-order valence-electron chi connectivity index (χ1n) is 8.99. The molecule has 2 aromatic carbocycles. The summed E-state index contributed by atoms with van der Waals surface area (Å²) >= 11 is 0. The van der Waals surface area contributed by atoms with Gasteiger partial charge in [-0.2, -0.15) is 0 Å². The summed E-state index contributed by atoms with van der Waals surface area (Å²) in [5.74, 6) is 0.839. The molecule has 3 amide bonds. The van der Waals surface area contributed by atoms with Gasteiger partial charge in [0.1, 0.15) is 0 Å². The molecule has 146 valence electrons. The van der Waals surface area contributed by atoms with Crippen molar-refractivity contribution in [2.24, 2.45) is 0 Å². The Bertz CT molecular complexity index is 909. The number of hydrogen-bond acceptors (Lipinski definition) is 4. The van der Waals surface area contributed by atoms with Crippen LogP contribution in [0, 0.1) is 0 Å². The van der Waals surface area contributed by atoms with E-state index in [2.05, 4.69) is 16.0 Å². The number of allylic oxidation sites excluding steroid dienone is 1. The number of carbonyl (C=O) groups excluding carboxylic acids is 2.